The maximum absolute atomic E-state index is 12.1. The number of aliphatic hydroxyl groups excluding tert-OH is 1. The van der Waals surface area contributed by atoms with E-state index in [0.717, 1.165) is 0 Å². The van der Waals surface area contributed by atoms with Crippen molar-refractivity contribution in [2.45, 2.75) is 18.6 Å². The van der Waals surface area contributed by atoms with Crippen LogP contribution >= 0.6 is 0 Å². The van der Waals surface area contributed by atoms with Crippen LogP contribution < -0.4 is 10.2 Å². The molecule has 0 radical (unpaired) electrons. The molecule has 6 nitrogen and oxygen atoms in total. The normalized spacial score (nSPS) is 23.2. The number of rotatable bonds is 1. The van der Waals surface area contributed by atoms with E-state index in [0.29, 0.717) is 11.3 Å². The van der Waals surface area contributed by atoms with Crippen LogP contribution in [0.3, 0.4) is 0 Å². The number of fused-ring (bicyclic) bond motifs is 1. The number of carboxylic acid groups (broad SMARTS) is 1. The first-order valence-corrected chi connectivity index (χ1v) is 5.54. The number of likely N-dealkylation sites (N-methyl/N-ethyl adjacent to an activating group) is 1. The minimum absolute atomic E-state index is 0.0342. The van der Waals surface area contributed by atoms with Crippen molar-refractivity contribution in [3.8, 4) is 0 Å². The second-order valence-electron chi connectivity index (χ2n) is 4.21. The molecule has 2 unspecified atom stereocenters. The Morgan fingerprint density at radius 3 is 2.78 bits per heavy atom. The van der Waals surface area contributed by atoms with Crippen LogP contribution in [-0.4, -0.2) is 35.3 Å². The van der Waals surface area contributed by atoms with E-state index in [1.807, 2.05) is 0 Å². The van der Waals surface area contributed by atoms with Gasteiger partial charge in [0.05, 0.1) is 6.10 Å². The van der Waals surface area contributed by atoms with Crippen LogP contribution in [0.4, 0.5) is 10.5 Å². The van der Waals surface area contributed by atoms with Crippen molar-refractivity contribution in [3.05, 3.63) is 29.8 Å². The first-order chi connectivity index (χ1) is 8.50. The van der Waals surface area contributed by atoms with Crippen molar-refractivity contribution in [1.29, 1.82) is 0 Å². The fourth-order valence-electron chi connectivity index (χ4n) is 2.15. The molecule has 18 heavy (non-hydrogen) atoms. The van der Waals surface area contributed by atoms with E-state index in [4.69, 9.17) is 5.11 Å². The molecule has 1 aromatic carbocycles. The maximum Gasteiger partial charge on any atom is 0.405 e. The zero-order valence-electron chi connectivity index (χ0n) is 9.83. The van der Waals surface area contributed by atoms with Gasteiger partial charge in [0, 0.05) is 24.7 Å². The van der Waals surface area contributed by atoms with E-state index in [9.17, 15) is 14.7 Å². The van der Waals surface area contributed by atoms with Crippen molar-refractivity contribution < 1.29 is 19.8 Å². The van der Waals surface area contributed by atoms with Crippen LogP contribution in [0.15, 0.2) is 24.3 Å². The molecular formula is C12H14N2O4. The van der Waals surface area contributed by atoms with Crippen LogP contribution in [0.2, 0.25) is 0 Å². The molecule has 0 bridgehead atoms. The summed E-state index contributed by atoms with van der Waals surface area (Å²) in [5.41, 5.74) is 1.23. The van der Waals surface area contributed by atoms with Gasteiger partial charge < -0.3 is 20.4 Å². The Morgan fingerprint density at radius 1 is 1.44 bits per heavy atom. The van der Waals surface area contributed by atoms with E-state index in [1.54, 1.807) is 31.3 Å². The smallest absolute Gasteiger partial charge is 0.405 e. The second-order valence-corrected chi connectivity index (χ2v) is 4.21. The standard InChI is InChI=1S/C12H14N2O4/c1-14-9-5-3-2-4-7(9)10(15)6-8(11(14)16)13-12(17)18/h2-5,8,10,13,15H,6H2,1H3,(H,17,18). The topological polar surface area (TPSA) is 89.9 Å². The Labute approximate surface area is 104 Å². The molecular weight excluding hydrogens is 236 g/mol. The fourth-order valence-corrected chi connectivity index (χ4v) is 2.15. The highest BCUT2D eigenvalue weighted by molar-refractivity contribution is 5.99. The zero-order chi connectivity index (χ0) is 13.3. The van der Waals surface area contributed by atoms with E-state index in [1.165, 1.54) is 4.90 Å². The Bertz CT molecular complexity index is 489. The molecule has 0 saturated carbocycles. The molecule has 2 amide bonds. The number of benzene rings is 1. The molecule has 1 heterocycles. The number of para-hydroxylation sites is 1. The van der Waals surface area contributed by atoms with E-state index in [2.05, 4.69) is 5.32 Å². The molecule has 3 N–H and O–H groups in total. The Kier molecular flexibility index (Phi) is 3.20. The molecule has 0 spiro atoms. The number of hydrogen-bond acceptors (Lipinski definition) is 3. The minimum atomic E-state index is -1.28. The Morgan fingerprint density at radius 2 is 2.11 bits per heavy atom. The molecule has 0 saturated heterocycles. The van der Waals surface area contributed by atoms with E-state index >= 15 is 0 Å². The summed E-state index contributed by atoms with van der Waals surface area (Å²) in [7, 11) is 1.57. The average molecular weight is 250 g/mol. The highest BCUT2D eigenvalue weighted by Crippen LogP contribution is 2.32. The number of carbonyl (C=O) groups excluding carboxylic acids is 1. The summed E-state index contributed by atoms with van der Waals surface area (Å²) in [6.07, 6.45) is -2.11. The number of nitrogens with zero attached hydrogens (tertiary/aromatic N) is 1. The lowest BCUT2D eigenvalue weighted by Gasteiger charge is -2.20. The lowest BCUT2D eigenvalue weighted by atomic mass is 10.0. The summed E-state index contributed by atoms with van der Waals surface area (Å²) in [5.74, 6) is -0.374. The SMILES string of the molecule is CN1C(=O)C(NC(=O)O)CC(O)c2ccccc21. The summed E-state index contributed by atoms with van der Waals surface area (Å²) < 4.78 is 0. The van der Waals surface area contributed by atoms with Gasteiger partial charge in [-0.25, -0.2) is 4.79 Å². The number of carbonyl (C=O) groups is 2. The summed E-state index contributed by atoms with van der Waals surface area (Å²) >= 11 is 0. The van der Waals surface area contributed by atoms with Gasteiger partial charge in [0.25, 0.3) is 0 Å². The fraction of sp³-hybridized carbons (Fsp3) is 0.333. The molecule has 0 aromatic heterocycles. The minimum Gasteiger partial charge on any atom is -0.465 e. The van der Waals surface area contributed by atoms with Gasteiger partial charge in [-0.1, -0.05) is 18.2 Å². The summed E-state index contributed by atoms with van der Waals surface area (Å²) in [4.78, 5) is 24.1. The molecule has 96 valence electrons. The third-order valence-electron chi connectivity index (χ3n) is 3.04. The van der Waals surface area contributed by atoms with Gasteiger partial charge >= 0.3 is 6.09 Å². The molecule has 1 aromatic rings. The molecule has 0 aliphatic carbocycles. The molecule has 1 aliphatic rings. The first-order valence-electron chi connectivity index (χ1n) is 5.54. The van der Waals surface area contributed by atoms with Crippen LogP contribution in [-0.2, 0) is 4.79 Å². The number of nitrogens with one attached hydrogen (secondary N) is 1. The van der Waals surface area contributed by atoms with Crippen molar-refractivity contribution in [2.75, 3.05) is 11.9 Å². The summed E-state index contributed by atoms with van der Waals surface area (Å²) in [6.45, 7) is 0. The van der Waals surface area contributed by atoms with Crippen LogP contribution in [0.1, 0.15) is 18.1 Å². The lowest BCUT2D eigenvalue weighted by molar-refractivity contribution is -0.120. The van der Waals surface area contributed by atoms with Gasteiger partial charge in [-0.2, -0.15) is 0 Å². The maximum atomic E-state index is 12.1. The number of aliphatic hydroxyl groups is 1. The molecule has 1 aliphatic heterocycles. The molecule has 6 heteroatoms. The van der Waals surface area contributed by atoms with Gasteiger partial charge in [0.1, 0.15) is 6.04 Å². The van der Waals surface area contributed by atoms with Crippen LogP contribution in [0.5, 0.6) is 0 Å². The Hall–Kier alpha value is -2.08. The van der Waals surface area contributed by atoms with Gasteiger partial charge in [-0.15, -0.1) is 0 Å². The Balaban J connectivity index is 2.38. The predicted molar refractivity (Wildman–Crippen MR) is 64.4 cm³/mol. The lowest BCUT2D eigenvalue weighted by Crippen LogP contribution is -2.46. The highest BCUT2D eigenvalue weighted by Gasteiger charge is 2.33. The van der Waals surface area contributed by atoms with E-state index < -0.39 is 18.2 Å². The first kappa shape index (κ1) is 12.4. The molecule has 0 fully saturated rings. The van der Waals surface area contributed by atoms with Gasteiger partial charge in [-0.3, -0.25) is 4.79 Å². The van der Waals surface area contributed by atoms with Gasteiger partial charge in [-0.05, 0) is 6.07 Å². The van der Waals surface area contributed by atoms with Gasteiger partial charge in [0.2, 0.25) is 5.91 Å². The molecule has 2 atom stereocenters. The van der Waals surface area contributed by atoms with Crippen molar-refractivity contribution in [2.24, 2.45) is 0 Å². The quantitative estimate of drug-likeness (QED) is 0.685. The van der Waals surface area contributed by atoms with Crippen molar-refractivity contribution >= 4 is 17.7 Å². The molecule has 2 rings (SSSR count). The van der Waals surface area contributed by atoms with Gasteiger partial charge in [0.15, 0.2) is 0 Å². The average Bonchev–Trinajstić information content (AvgIpc) is 2.42. The largest absolute Gasteiger partial charge is 0.465 e. The van der Waals surface area contributed by atoms with Crippen molar-refractivity contribution in [3.63, 3.8) is 0 Å². The highest BCUT2D eigenvalue weighted by atomic mass is 16.4. The monoisotopic (exact) mass is 250 g/mol. The summed E-state index contributed by atoms with van der Waals surface area (Å²) in [5, 5.41) is 20.9. The second kappa shape index (κ2) is 4.66. The van der Waals surface area contributed by atoms with Crippen molar-refractivity contribution in [1.82, 2.24) is 5.32 Å². The predicted octanol–water partition coefficient (Wildman–Crippen LogP) is 0.723. The van der Waals surface area contributed by atoms with E-state index in [-0.39, 0.29) is 12.3 Å². The third-order valence-corrected chi connectivity index (χ3v) is 3.04. The third kappa shape index (κ3) is 2.14. The van der Waals surface area contributed by atoms with Crippen LogP contribution in [0.25, 0.3) is 0 Å². The zero-order valence-corrected chi connectivity index (χ0v) is 9.83. The number of hydrogen-bond donors (Lipinski definition) is 3. The van der Waals surface area contributed by atoms with Crippen LogP contribution in [0, 0.1) is 0 Å². The summed E-state index contributed by atoms with van der Waals surface area (Å²) in [6, 6.07) is 6.05. The number of amides is 2. The number of anilines is 1.